The fourth-order valence-electron chi connectivity index (χ4n) is 1.14. The van der Waals surface area contributed by atoms with E-state index in [9.17, 15) is 0 Å². The molecule has 0 aliphatic rings. The molecule has 1 aromatic carbocycles. The minimum absolute atomic E-state index is 0.578. The Balaban J connectivity index is 2.10. The van der Waals surface area contributed by atoms with Crippen LogP contribution < -0.4 is 10.1 Å². The van der Waals surface area contributed by atoms with Crippen molar-refractivity contribution in [3.8, 4) is 5.75 Å². The van der Waals surface area contributed by atoms with E-state index in [2.05, 4.69) is 19.2 Å². The van der Waals surface area contributed by atoms with Crippen molar-refractivity contribution in [2.75, 3.05) is 13.2 Å². The maximum absolute atomic E-state index is 5.54. The number of rotatable bonds is 6. The number of ether oxygens (including phenoxy) is 1. The van der Waals surface area contributed by atoms with Crippen molar-refractivity contribution in [2.45, 2.75) is 26.3 Å². The summed E-state index contributed by atoms with van der Waals surface area (Å²) in [5, 5.41) is 3.38. The topological polar surface area (TPSA) is 21.3 Å². The van der Waals surface area contributed by atoms with Crippen molar-refractivity contribution in [1.29, 1.82) is 0 Å². The van der Waals surface area contributed by atoms with E-state index in [4.69, 9.17) is 4.74 Å². The van der Waals surface area contributed by atoms with Gasteiger partial charge in [-0.15, -0.1) is 0 Å². The van der Waals surface area contributed by atoms with Gasteiger partial charge in [0, 0.05) is 12.6 Å². The fourth-order valence-corrected chi connectivity index (χ4v) is 1.14. The molecule has 2 heteroatoms. The van der Waals surface area contributed by atoms with Crippen LogP contribution in [0.2, 0.25) is 0 Å². The average Bonchev–Trinajstić information content (AvgIpc) is 2.25. The predicted octanol–water partition coefficient (Wildman–Crippen LogP) is 2.45. The zero-order chi connectivity index (χ0) is 10.2. The molecule has 0 bridgehead atoms. The third-order valence-corrected chi connectivity index (χ3v) is 2.22. The van der Waals surface area contributed by atoms with Crippen LogP contribution in [-0.2, 0) is 0 Å². The first-order valence-corrected chi connectivity index (χ1v) is 5.24. The molecule has 1 aromatic rings. The molecule has 0 heterocycles. The molecule has 1 atom stereocenters. The SMILES string of the molecule is CCC(C)NCCOc1ccccc1. The minimum Gasteiger partial charge on any atom is -0.492 e. The highest BCUT2D eigenvalue weighted by Gasteiger charge is 1.96. The Bertz CT molecular complexity index is 235. The molecule has 14 heavy (non-hydrogen) atoms. The summed E-state index contributed by atoms with van der Waals surface area (Å²) in [5.41, 5.74) is 0. The van der Waals surface area contributed by atoms with E-state index in [-0.39, 0.29) is 0 Å². The highest BCUT2D eigenvalue weighted by molar-refractivity contribution is 5.20. The van der Waals surface area contributed by atoms with Crippen LogP contribution in [0.4, 0.5) is 0 Å². The van der Waals surface area contributed by atoms with Gasteiger partial charge in [-0.1, -0.05) is 25.1 Å². The zero-order valence-corrected chi connectivity index (χ0v) is 8.99. The molecule has 2 nitrogen and oxygen atoms in total. The van der Waals surface area contributed by atoms with Gasteiger partial charge in [-0.05, 0) is 25.5 Å². The summed E-state index contributed by atoms with van der Waals surface area (Å²) < 4.78 is 5.54. The average molecular weight is 193 g/mol. The minimum atomic E-state index is 0.578. The first-order chi connectivity index (χ1) is 6.83. The summed E-state index contributed by atoms with van der Waals surface area (Å²) in [5.74, 6) is 0.943. The van der Waals surface area contributed by atoms with Crippen molar-refractivity contribution < 1.29 is 4.74 Å². The molecule has 78 valence electrons. The zero-order valence-electron chi connectivity index (χ0n) is 8.99. The van der Waals surface area contributed by atoms with Gasteiger partial charge in [-0.3, -0.25) is 0 Å². The van der Waals surface area contributed by atoms with Crippen LogP contribution in [0, 0.1) is 0 Å². The molecule has 0 radical (unpaired) electrons. The smallest absolute Gasteiger partial charge is 0.119 e. The summed E-state index contributed by atoms with van der Waals surface area (Å²) in [6.45, 7) is 6.00. The van der Waals surface area contributed by atoms with Crippen molar-refractivity contribution in [2.24, 2.45) is 0 Å². The number of hydrogen-bond acceptors (Lipinski definition) is 2. The third kappa shape index (κ3) is 4.28. The molecule has 0 aromatic heterocycles. The van der Waals surface area contributed by atoms with Gasteiger partial charge in [-0.2, -0.15) is 0 Å². The summed E-state index contributed by atoms with van der Waals surface area (Å²) in [4.78, 5) is 0. The van der Waals surface area contributed by atoms with Crippen molar-refractivity contribution in [3.63, 3.8) is 0 Å². The van der Waals surface area contributed by atoms with Gasteiger partial charge in [0.15, 0.2) is 0 Å². The lowest BCUT2D eigenvalue weighted by Crippen LogP contribution is -2.29. The molecule has 1 N–H and O–H groups in total. The van der Waals surface area contributed by atoms with E-state index in [1.165, 1.54) is 0 Å². The maximum Gasteiger partial charge on any atom is 0.119 e. The Morgan fingerprint density at radius 2 is 2.00 bits per heavy atom. The number of para-hydroxylation sites is 1. The quantitative estimate of drug-likeness (QED) is 0.701. The number of nitrogens with one attached hydrogen (secondary N) is 1. The molecular formula is C12H19NO. The van der Waals surface area contributed by atoms with Crippen molar-refractivity contribution >= 4 is 0 Å². The van der Waals surface area contributed by atoms with Gasteiger partial charge in [0.05, 0.1) is 0 Å². The Morgan fingerprint density at radius 3 is 2.64 bits per heavy atom. The highest BCUT2D eigenvalue weighted by Crippen LogP contribution is 2.07. The summed E-state index contributed by atoms with van der Waals surface area (Å²) >= 11 is 0. The fraction of sp³-hybridized carbons (Fsp3) is 0.500. The summed E-state index contributed by atoms with van der Waals surface area (Å²) in [7, 11) is 0. The van der Waals surface area contributed by atoms with Gasteiger partial charge in [0.25, 0.3) is 0 Å². The Morgan fingerprint density at radius 1 is 1.29 bits per heavy atom. The van der Waals surface area contributed by atoms with Crippen molar-refractivity contribution in [1.82, 2.24) is 5.32 Å². The van der Waals surface area contributed by atoms with Gasteiger partial charge in [0.1, 0.15) is 12.4 Å². The lowest BCUT2D eigenvalue weighted by atomic mass is 10.3. The first kappa shape index (κ1) is 11.1. The molecule has 0 fully saturated rings. The molecular weight excluding hydrogens is 174 g/mol. The highest BCUT2D eigenvalue weighted by atomic mass is 16.5. The standard InChI is InChI=1S/C12H19NO/c1-3-11(2)13-9-10-14-12-7-5-4-6-8-12/h4-8,11,13H,3,9-10H2,1-2H3. The molecule has 0 aliphatic heterocycles. The van der Waals surface area contributed by atoms with Gasteiger partial charge >= 0.3 is 0 Å². The van der Waals surface area contributed by atoms with Crippen LogP contribution in [0.1, 0.15) is 20.3 Å². The second-order valence-corrected chi connectivity index (χ2v) is 3.42. The largest absolute Gasteiger partial charge is 0.492 e. The van der Waals surface area contributed by atoms with E-state index < -0.39 is 0 Å². The first-order valence-electron chi connectivity index (χ1n) is 5.24. The van der Waals surface area contributed by atoms with E-state index in [1.807, 2.05) is 30.3 Å². The van der Waals surface area contributed by atoms with Crippen LogP contribution in [-0.4, -0.2) is 19.2 Å². The lowest BCUT2D eigenvalue weighted by Gasteiger charge is -2.11. The van der Waals surface area contributed by atoms with Gasteiger partial charge in [0.2, 0.25) is 0 Å². The van der Waals surface area contributed by atoms with E-state index in [0.29, 0.717) is 6.04 Å². The van der Waals surface area contributed by atoms with Crippen LogP contribution in [0.25, 0.3) is 0 Å². The Hall–Kier alpha value is -1.02. The predicted molar refractivity (Wildman–Crippen MR) is 59.7 cm³/mol. The Kier molecular flexibility index (Phi) is 5.08. The van der Waals surface area contributed by atoms with E-state index in [0.717, 1.165) is 25.3 Å². The number of benzene rings is 1. The van der Waals surface area contributed by atoms with Crippen LogP contribution in [0.5, 0.6) is 5.75 Å². The second kappa shape index (κ2) is 6.44. The molecule has 0 saturated carbocycles. The van der Waals surface area contributed by atoms with Gasteiger partial charge in [-0.25, -0.2) is 0 Å². The van der Waals surface area contributed by atoms with Crippen LogP contribution in [0.3, 0.4) is 0 Å². The normalized spacial score (nSPS) is 12.4. The molecule has 0 amide bonds. The van der Waals surface area contributed by atoms with Gasteiger partial charge < -0.3 is 10.1 Å². The third-order valence-electron chi connectivity index (χ3n) is 2.22. The van der Waals surface area contributed by atoms with Crippen molar-refractivity contribution in [3.05, 3.63) is 30.3 Å². The maximum atomic E-state index is 5.54. The molecule has 1 unspecified atom stereocenters. The molecule has 0 aliphatic carbocycles. The van der Waals surface area contributed by atoms with E-state index >= 15 is 0 Å². The van der Waals surface area contributed by atoms with Crippen LogP contribution in [0.15, 0.2) is 30.3 Å². The molecule has 1 rings (SSSR count). The molecule has 0 spiro atoms. The monoisotopic (exact) mass is 193 g/mol. The second-order valence-electron chi connectivity index (χ2n) is 3.42. The summed E-state index contributed by atoms with van der Waals surface area (Å²) in [6.07, 6.45) is 1.16. The van der Waals surface area contributed by atoms with E-state index in [1.54, 1.807) is 0 Å². The number of hydrogen-bond donors (Lipinski definition) is 1. The van der Waals surface area contributed by atoms with Crippen LogP contribution >= 0.6 is 0 Å². The molecule has 0 saturated heterocycles. The Labute approximate surface area is 86.3 Å². The lowest BCUT2D eigenvalue weighted by molar-refractivity contribution is 0.306. The summed E-state index contributed by atoms with van der Waals surface area (Å²) in [6, 6.07) is 10.5.